The Kier molecular flexibility index (Phi) is 6.49. The maximum absolute atomic E-state index is 12.9. The van der Waals surface area contributed by atoms with E-state index in [-0.39, 0.29) is 18.1 Å². The van der Waals surface area contributed by atoms with Gasteiger partial charge in [-0.25, -0.2) is 0 Å². The molecule has 0 radical (unpaired) electrons. The molecule has 0 amide bonds. The monoisotopic (exact) mass is 430 g/mol. The quantitative estimate of drug-likeness (QED) is 0.659. The number of nitriles is 1. The third-order valence-electron chi connectivity index (χ3n) is 6.16. The number of rotatable bonds is 5. The van der Waals surface area contributed by atoms with Crippen LogP contribution in [0.4, 0.5) is 18.9 Å². The van der Waals surface area contributed by atoms with Gasteiger partial charge in [0.15, 0.2) is 0 Å². The second kappa shape index (κ2) is 9.29. The summed E-state index contributed by atoms with van der Waals surface area (Å²) >= 11 is 0. The first-order chi connectivity index (χ1) is 14.9. The van der Waals surface area contributed by atoms with Crippen LogP contribution in [0.1, 0.15) is 41.9 Å². The largest absolute Gasteiger partial charge is 0.416 e. The lowest BCUT2D eigenvalue weighted by Gasteiger charge is -2.41. The first-order valence-electron chi connectivity index (χ1n) is 10.6. The number of halogens is 3. The summed E-state index contributed by atoms with van der Waals surface area (Å²) < 4.78 is 50.2. The van der Waals surface area contributed by atoms with Crippen LogP contribution in [0.15, 0.2) is 48.5 Å². The number of piperidine rings is 1. The number of hydrogen-bond donors (Lipinski definition) is 0. The number of nitrogens with zero attached hydrogens (tertiary/aromatic N) is 2. The molecule has 31 heavy (non-hydrogen) atoms. The number of anilines is 1. The molecule has 2 aliphatic rings. The lowest BCUT2D eigenvalue weighted by molar-refractivity contribution is -0.137. The zero-order chi connectivity index (χ0) is 21.8. The molecule has 0 saturated carbocycles. The van der Waals surface area contributed by atoms with Crippen LogP contribution in [0.25, 0.3) is 0 Å². The van der Waals surface area contributed by atoms with E-state index in [9.17, 15) is 13.2 Å². The maximum Gasteiger partial charge on any atom is 0.416 e. The van der Waals surface area contributed by atoms with Crippen LogP contribution < -0.4 is 4.90 Å². The Morgan fingerprint density at radius 2 is 1.77 bits per heavy atom. The van der Waals surface area contributed by atoms with E-state index in [2.05, 4.69) is 11.0 Å². The zero-order valence-corrected chi connectivity index (χ0v) is 17.1. The fourth-order valence-corrected chi connectivity index (χ4v) is 4.35. The molecule has 2 heterocycles. The molecular weight excluding hydrogens is 405 g/mol. The summed E-state index contributed by atoms with van der Waals surface area (Å²) in [5, 5.41) is 9.09. The molecule has 2 aromatic rings. The van der Waals surface area contributed by atoms with Crippen molar-refractivity contribution >= 4 is 5.69 Å². The summed E-state index contributed by atoms with van der Waals surface area (Å²) in [5.41, 5.74) is 1.87. The molecule has 0 aliphatic carbocycles. The van der Waals surface area contributed by atoms with Crippen LogP contribution in [-0.4, -0.2) is 38.5 Å². The number of hydrogen-bond acceptors (Lipinski definition) is 4. The van der Waals surface area contributed by atoms with Crippen LogP contribution in [-0.2, 0) is 15.7 Å². The third kappa shape index (κ3) is 5.20. The van der Waals surface area contributed by atoms with Gasteiger partial charge in [-0.2, -0.15) is 18.4 Å². The summed E-state index contributed by atoms with van der Waals surface area (Å²) in [6.07, 6.45) is -1.55. The van der Waals surface area contributed by atoms with Crippen molar-refractivity contribution < 1.29 is 22.6 Å². The fraction of sp³-hybridized carbons (Fsp3) is 0.458. The predicted octanol–water partition coefficient (Wildman–Crippen LogP) is 5.14. The Bertz CT molecular complexity index is 900. The minimum Gasteiger partial charge on any atom is -0.379 e. The van der Waals surface area contributed by atoms with Gasteiger partial charge in [-0.15, -0.1) is 0 Å². The summed E-state index contributed by atoms with van der Waals surface area (Å²) in [4.78, 5) is 2.27. The van der Waals surface area contributed by atoms with Crippen molar-refractivity contribution in [3.8, 4) is 6.07 Å². The molecule has 0 spiro atoms. The Labute approximate surface area is 180 Å². The molecule has 164 valence electrons. The number of alkyl halides is 3. The zero-order valence-electron chi connectivity index (χ0n) is 17.1. The molecule has 3 atom stereocenters. The van der Waals surface area contributed by atoms with E-state index < -0.39 is 11.7 Å². The lowest BCUT2D eigenvalue weighted by atomic mass is 9.86. The highest BCUT2D eigenvalue weighted by Gasteiger charge is 2.33. The lowest BCUT2D eigenvalue weighted by Crippen LogP contribution is -2.46. The summed E-state index contributed by atoms with van der Waals surface area (Å²) in [5.74, 6) is 0.129. The molecule has 0 bridgehead atoms. The molecule has 4 rings (SSSR count). The van der Waals surface area contributed by atoms with Crippen molar-refractivity contribution in [3.63, 3.8) is 0 Å². The van der Waals surface area contributed by atoms with Gasteiger partial charge in [0.05, 0.1) is 42.6 Å². The van der Waals surface area contributed by atoms with Crippen molar-refractivity contribution in [2.24, 2.45) is 0 Å². The SMILES string of the molecule is N#Cc1ccc(N2CC(c3ccc(C(F)(F)F)cc3)CC[C@H]2COC2CCOC2)cc1. The smallest absolute Gasteiger partial charge is 0.379 e. The predicted molar refractivity (Wildman–Crippen MR) is 111 cm³/mol. The second-order valence-corrected chi connectivity index (χ2v) is 8.18. The molecular formula is C24H25F3N2O2. The normalized spacial score (nSPS) is 24.2. The fourth-order valence-electron chi connectivity index (χ4n) is 4.35. The Balaban J connectivity index is 1.51. The molecule has 4 nitrogen and oxygen atoms in total. The van der Waals surface area contributed by atoms with Crippen LogP contribution in [0, 0.1) is 11.3 Å². The van der Waals surface area contributed by atoms with E-state index in [1.165, 1.54) is 0 Å². The molecule has 2 fully saturated rings. The van der Waals surface area contributed by atoms with E-state index in [4.69, 9.17) is 14.7 Å². The van der Waals surface area contributed by atoms with Crippen molar-refractivity contribution in [1.82, 2.24) is 0 Å². The Morgan fingerprint density at radius 1 is 1.03 bits per heavy atom. The van der Waals surface area contributed by atoms with E-state index in [1.54, 1.807) is 24.3 Å². The van der Waals surface area contributed by atoms with Gasteiger partial charge in [-0.3, -0.25) is 0 Å². The van der Waals surface area contributed by atoms with Crippen molar-refractivity contribution in [1.29, 1.82) is 5.26 Å². The molecule has 7 heteroatoms. The standard InChI is InChI=1S/C24H25F3N2O2/c25-24(26,27)20-6-3-18(4-7-20)19-5-10-22(15-31-23-11-12-30-16-23)29(14-19)21-8-1-17(13-28)2-9-21/h1-4,6-9,19,22-23H,5,10-12,14-16H2/t19?,22-,23?/m0/s1. The highest BCUT2D eigenvalue weighted by molar-refractivity contribution is 5.51. The van der Waals surface area contributed by atoms with Crippen LogP contribution in [0.5, 0.6) is 0 Å². The van der Waals surface area contributed by atoms with Crippen molar-refractivity contribution in [2.45, 2.75) is 43.5 Å². The number of benzene rings is 2. The van der Waals surface area contributed by atoms with Crippen molar-refractivity contribution in [3.05, 3.63) is 65.2 Å². The highest BCUT2D eigenvalue weighted by atomic mass is 19.4. The Hall–Kier alpha value is -2.56. The van der Waals surface area contributed by atoms with E-state index >= 15 is 0 Å². The maximum atomic E-state index is 12.9. The molecule has 0 N–H and O–H groups in total. The topological polar surface area (TPSA) is 45.5 Å². The first-order valence-corrected chi connectivity index (χ1v) is 10.6. The third-order valence-corrected chi connectivity index (χ3v) is 6.16. The van der Waals surface area contributed by atoms with Gasteiger partial charge in [-0.1, -0.05) is 12.1 Å². The molecule has 0 aromatic heterocycles. The molecule has 2 saturated heterocycles. The molecule has 2 aromatic carbocycles. The summed E-state index contributed by atoms with van der Waals surface area (Å²) in [6, 6.07) is 15.3. The van der Waals surface area contributed by atoms with Crippen LogP contribution in [0.3, 0.4) is 0 Å². The molecule has 2 unspecified atom stereocenters. The van der Waals surface area contributed by atoms with Gasteiger partial charge in [0, 0.05) is 24.8 Å². The summed E-state index contributed by atoms with van der Waals surface area (Å²) in [7, 11) is 0. The minimum atomic E-state index is -4.33. The summed E-state index contributed by atoms with van der Waals surface area (Å²) in [6.45, 7) is 2.61. The van der Waals surface area contributed by atoms with E-state index in [0.29, 0.717) is 25.3 Å². The molecule has 2 aliphatic heterocycles. The average Bonchev–Trinajstić information content (AvgIpc) is 3.31. The van der Waals surface area contributed by atoms with Gasteiger partial charge < -0.3 is 14.4 Å². The average molecular weight is 430 g/mol. The minimum absolute atomic E-state index is 0.121. The van der Waals surface area contributed by atoms with Crippen molar-refractivity contribution in [2.75, 3.05) is 31.3 Å². The van der Waals surface area contributed by atoms with Gasteiger partial charge in [0.25, 0.3) is 0 Å². The highest BCUT2D eigenvalue weighted by Crippen LogP contribution is 2.36. The van der Waals surface area contributed by atoms with Gasteiger partial charge in [0.2, 0.25) is 0 Å². The van der Waals surface area contributed by atoms with Gasteiger partial charge in [-0.05, 0) is 61.2 Å². The second-order valence-electron chi connectivity index (χ2n) is 8.18. The van der Waals surface area contributed by atoms with E-state index in [0.717, 1.165) is 49.3 Å². The number of ether oxygens (including phenoxy) is 2. The van der Waals surface area contributed by atoms with Gasteiger partial charge in [0.1, 0.15) is 0 Å². The first kappa shape index (κ1) is 21.7. The van der Waals surface area contributed by atoms with Gasteiger partial charge >= 0.3 is 6.18 Å². The van der Waals surface area contributed by atoms with E-state index in [1.807, 2.05) is 12.1 Å². The van der Waals surface area contributed by atoms with Crippen LogP contribution >= 0.6 is 0 Å². The Morgan fingerprint density at radius 3 is 2.39 bits per heavy atom. The van der Waals surface area contributed by atoms with Crippen LogP contribution in [0.2, 0.25) is 0 Å².